The molecule has 6 heteroatoms. The fourth-order valence-corrected chi connectivity index (χ4v) is 9.77. The van der Waals surface area contributed by atoms with Crippen LogP contribution in [0.25, 0.3) is 0 Å². The van der Waals surface area contributed by atoms with E-state index < -0.39 is 14.4 Å². The van der Waals surface area contributed by atoms with Crippen molar-refractivity contribution in [2.45, 2.75) is 44.8 Å². The Hall–Kier alpha value is -3.19. The van der Waals surface area contributed by atoms with Crippen molar-refractivity contribution in [3.05, 3.63) is 108 Å². The summed E-state index contributed by atoms with van der Waals surface area (Å²) >= 11 is 0. The molecule has 1 aliphatic heterocycles. The van der Waals surface area contributed by atoms with Gasteiger partial charge in [-0.25, -0.2) is 4.79 Å². The van der Waals surface area contributed by atoms with Crippen LogP contribution in [0.1, 0.15) is 32.8 Å². The maximum Gasteiger partial charge on any atom is 0.409 e. The molecule has 36 heavy (non-hydrogen) atoms. The van der Waals surface area contributed by atoms with E-state index in [1.165, 1.54) is 15.9 Å². The maximum absolute atomic E-state index is 11.4. The van der Waals surface area contributed by atoms with Crippen molar-refractivity contribution >= 4 is 24.8 Å². The van der Waals surface area contributed by atoms with Gasteiger partial charge in [-0.05, 0) is 33.5 Å². The lowest BCUT2D eigenvalue weighted by atomic mass is 10.1. The molecule has 3 aromatic carbocycles. The van der Waals surface area contributed by atoms with Crippen LogP contribution in [0.15, 0.2) is 103 Å². The predicted octanol–water partition coefficient (Wildman–Crippen LogP) is 4.82. The Bertz CT molecular complexity index is 1120. The second-order valence-corrected chi connectivity index (χ2v) is 14.7. The Morgan fingerprint density at radius 2 is 1.44 bits per heavy atom. The lowest BCUT2D eigenvalue weighted by Crippen LogP contribution is -2.67. The molecule has 0 radical (unpaired) electrons. The summed E-state index contributed by atoms with van der Waals surface area (Å²) in [5.74, 6) is 0.597. The highest BCUT2D eigenvalue weighted by atomic mass is 28.4. The number of ether oxygens (including phenoxy) is 1. The van der Waals surface area contributed by atoms with E-state index in [-0.39, 0.29) is 11.1 Å². The Balaban J connectivity index is 1.68. The number of primary amides is 1. The summed E-state index contributed by atoms with van der Waals surface area (Å²) in [6.07, 6.45) is 1.92. The van der Waals surface area contributed by atoms with Crippen molar-refractivity contribution in [3.8, 4) is 0 Å². The minimum Gasteiger partial charge on any atom is -0.414 e. The Morgan fingerprint density at radius 1 is 0.917 bits per heavy atom. The van der Waals surface area contributed by atoms with Crippen molar-refractivity contribution in [2.24, 2.45) is 5.73 Å². The van der Waals surface area contributed by atoms with E-state index in [2.05, 4.69) is 98.5 Å². The largest absolute Gasteiger partial charge is 0.414 e. The first kappa shape index (κ1) is 25.9. The third kappa shape index (κ3) is 5.78. The average Bonchev–Trinajstić information content (AvgIpc) is 2.86. The lowest BCUT2D eigenvalue weighted by molar-refractivity contribution is 0.102. The summed E-state index contributed by atoms with van der Waals surface area (Å²) in [6.45, 7) is 8.68. The standard InChI is InChI=1S/C30H36N2O3Si/c1-30(2,3)36(27-15-9-5-10-16-27,28-17-11-6-12-18-28)34-23-25-19-20-26(35-29(31)33)22-32(25)21-24-13-7-4-8-14-24/h4-18,20,25H,19,21-23H2,1-3H3,(H2,31,33). The van der Waals surface area contributed by atoms with Gasteiger partial charge in [0.05, 0.1) is 13.2 Å². The van der Waals surface area contributed by atoms with Gasteiger partial charge in [0.15, 0.2) is 0 Å². The molecule has 188 valence electrons. The molecule has 1 aliphatic rings. The van der Waals surface area contributed by atoms with Gasteiger partial charge in [0.25, 0.3) is 8.32 Å². The molecule has 2 N–H and O–H groups in total. The van der Waals surface area contributed by atoms with Crippen LogP contribution in [0.4, 0.5) is 4.79 Å². The Labute approximate surface area is 215 Å². The number of amides is 1. The molecule has 5 nitrogen and oxygen atoms in total. The fraction of sp³-hybridized carbons (Fsp3) is 0.300. The summed E-state index contributed by atoms with van der Waals surface area (Å²) in [4.78, 5) is 13.7. The molecular formula is C30H36N2O3Si. The van der Waals surface area contributed by atoms with Gasteiger partial charge in [0, 0.05) is 12.6 Å². The van der Waals surface area contributed by atoms with Crippen molar-refractivity contribution in [1.82, 2.24) is 4.90 Å². The van der Waals surface area contributed by atoms with E-state index in [1.807, 2.05) is 24.3 Å². The summed E-state index contributed by atoms with van der Waals surface area (Å²) in [6, 6.07) is 31.9. The zero-order valence-electron chi connectivity index (χ0n) is 21.4. The average molecular weight is 501 g/mol. The van der Waals surface area contributed by atoms with E-state index in [0.717, 1.165) is 6.54 Å². The maximum atomic E-state index is 11.4. The van der Waals surface area contributed by atoms with Gasteiger partial charge < -0.3 is 14.9 Å². The van der Waals surface area contributed by atoms with E-state index >= 15 is 0 Å². The molecule has 4 rings (SSSR count). The van der Waals surface area contributed by atoms with Gasteiger partial charge in [-0.2, -0.15) is 0 Å². The summed E-state index contributed by atoms with van der Waals surface area (Å²) < 4.78 is 12.5. The van der Waals surface area contributed by atoms with Gasteiger partial charge in [0.1, 0.15) is 5.76 Å². The Morgan fingerprint density at radius 3 is 1.94 bits per heavy atom. The van der Waals surface area contributed by atoms with Crippen LogP contribution in [0.3, 0.4) is 0 Å². The quantitative estimate of drug-likeness (QED) is 0.451. The molecule has 0 aliphatic carbocycles. The molecule has 0 aromatic heterocycles. The zero-order chi connectivity index (χ0) is 25.6. The van der Waals surface area contributed by atoms with Crippen LogP contribution in [0, 0.1) is 0 Å². The number of carbonyl (C=O) groups is 1. The van der Waals surface area contributed by atoms with Gasteiger partial charge in [-0.3, -0.25) is 4.90 Å². The minimum absolute atomic E-state index is 0.0925. The fourth-order valence-electron chi connectivity index (χ4n) is 5.17. The van der Waals surface area contributed by atoms with Crippen LogP contribution in [0.5, 0.6) is 0 Å². The molecule has 1 amide bonds. The smallest absolute Gasteiger partial charge is 0.409 e. The van der Waals surface area contributed by atoms with Crippen LogP contribution in [0.2, 0.25) is 5.04 Å². The predicted molar refractivity (Wildman–Crippen MR) is 148 cm³/mol. The van der Waals surface area contributed by atoms with E-state index in [9.17, 15) is 4.79 Å². The van der Waals surface area contributed by atoms with Gasteiger partial charge in [-0.15, -0.1) is 0 Å². The monoisotopic (exact) mass is 500 g/mol. The molecule has 0 fully saturated rings. The number of hydrogen-bond acceptors (Lipinski definition) is 4. The minimum atomic E-state index is -2.65. The molecule has 0 saturated heterocycles. The van der Waals surface area contributed by atoms with Crippen LogP contribution >= 0.6 is 0 Å². The molecule has 0 spiro atoms. The topological polar surface area (TPSA) is 64.8 Å². The zero-order valence-corrected chi connectivity index (χ0v) is 22.4. The van der Waals surface area contributed by atoms with Gasteiger partial charge in [-0.1, -0.05) is 112 Å². The van der Waals surface area contributed by atoms with Crippen molar-refractivity contribution in [1.29, 1.82) is 0 Å². The normalized spacial score (nSPS) is 16.9. The van der Waals surface area contributed by atoms with Crippen molar-refractivity contribution in [2.75, 3.05) is 13.2 Å². The van der Waals surface area contributed by atoms with E-state index in [4.69, 9.17) is 14.9 Å². The van der Waals surface area contributed by atoms with Crippen LogP contribution in [-0.4, -0.2) is 38.5 Å². The molecule has 0 bridgehead atoms. The number of nitrogens with two attached hydrogens (primary N) is 1. The SMILES string of the molecule is CC(C)(C)[Si](OCC1CC=C(OC(N)=O)CN1Cc1ccccc1)(c1ccccc1)c1ccccc1. The van der Waals surface area contributed by atoms with Gasteiger partial charge in [0.2, 0.25) is 0 Å². The molecule has 3 aromatic rings. The molecule has 1 atom stereocenters. The Kier molecular flexibility index (Phi) is 8.09. The van der Waals surface area contributed by atoms with E-state index in [0.29, 0.717) is 25.3 Å². The molecule has 1 unspecified atom stereocenters. The molecule has 1 heterocycles. The third-order valence-corrected chi connectivity index (χ3v) is 11.9. The highest BCUT2D eigenvalue weighted by molar-refractivity contribution is 6.99. The van der Waals surface area contributed by atoms with Crippen LogP contribution in [-0.2, 0) is 15.7 Å². The number of rotatable bonds is 8. The second-order valence-electron chi connectivity index (χ2n) is 10.3. The van der Waals surface area contributed by atoms with Crippen molar-refractivity contribution in [3.63, 3.8) is 0 Å². The first-order valence-corrected chi connectivity index (χ1v) is 14.4. The van der Waals surface area contributed by atoms with Crippen molar-refractivity contribution < 1.29 is 14.0 Å². The van der Waals surface area contributed by atoms with E-state index in [1.54, 1.807) is 0 Å². The van der Waals surface area contributed by atoms with Crippen LogP contribution < -0.4 is 16.1 Å². The lowest BCUT2D eigenvalue weighted by Gasteiger charge is -2.45. The molecular weight excluding hydrogens is 464 g/mol. The first-order valence-electron chi connectivity index (χ1n) is 12.5. The number of hydrogen-bond donors (Lipinski definition) is 1. The second kappa shape index (κ2) is 11.2. The summed E-state index contributed by atoms with van der Waals surface area (Å²) in [7, 11) is -2.65. The summed E-state index contributed by atoms with van der Waals surface area (Å²) in [5, 5.41) is 2.44. The van der Waals surface area contributed by atoms with Gasteiger partial charge >= 0.3 is 6.09 Å². The highest BCUT2D eigenvalue weighted by Crippen LogP contribution is 2.37. The number of benzene rings is 3. The highest BCUT2D eigenvalue weighted by Gasteiger charge is 2.50. The number of nitrogens with zero attached hydrogens (tertiary/aromatic N) is 1. The number of carbonyl (C=O) groups excluding carboxylic acids is 1. The molecule has 0 saturated carbocycles. The third-order valence-electron chi connectivity index (χ3n) is 6.86. The first-order chi connectivity index (χ1) is 17.3. The summed E-state index contributed by atoms with van der Waals surface area (Å²) in [5.41, 5.74) is 6.51.